The number of fused-ring (bicyclic) bond motifs is 1. The van der Waals surface area contributed by atoms with Crippen LogP contribution in [0.25, 0.3) is 0 Å². The van der Waals surface area contributed by atoms with Crippen molar-refractivity contribution in [2.45, 2.75) is 50.5 Å². The molecule has 2 aliphatic rings. The van der Waals surface area contributed by atoms with E-state index in [1.165, 1.54) is 6.92 Å². The molecule has 9 heteroatoms. The van der Waals surface area contributed by atoms with Crippen molar-refractivity contribution in [2.24, 2.45) is 0 Å². The van der Waals surface area contributed by atoms with Crippen LogP contribution in [0, 0.1) is 0 Å². The first-order chi connectivity index (χ1) is 16.0. The van der Waals surface area contributed by atoms with Gasteiger partial charge in [0.2, 0.25) is 5.91 Å². The minimum Gasteiger partial charge on any atom is -0.480 e. The number of hydrogen-bond acceptors (Lipinski definition) is 7. The Bertz CT molecular complexity index is 925. The summed E-state index contributed by atoms with van der Waals surface area (Å²) in [7, 11) is 0. The number of benzene rings is 2. The van der Waals surface area contributed by atoms with E-state index in [1.54, 1.807) is 0 Å². The number of ether oxygens (including phenoxy) is 5. The van der Waals surface area contributed by atoms with E-state index in [1.807, 2.05) is 60.7 Å². The number of amides is 1. The van der Waals surface area contributed by atoms with Crippen LogP contribution in [0.1, 0.15) is 24.3 Å². The van der Waals surface area contributed by atoms with Crippen molar-refractivity contribution < 1.29 is 38.4 Å². The minimum atomic E-state index is -1.13. The lowest BCUT2D eigenvalue weighted by molar-refractivity contribution is -0.349. The monoisotopic (exact) mass is 457 g/mol. The van der Waals surface area contributed by atoms with Crippen LogP contribution < -0.4 is 5.32 Å². The molecule has 0 bridgehead atoms. The molecule has 2 aromatic rings. The smallest absolute Gasteiger partial charge is 0.329 e. The molecule has 6 atom stereocenters. The molecule has 2 aromatic carbocycles. The van der Waals surface area contributed by atoms with Crippen molar-refractivity contribution in [2.75, 3.05) is 13.2 Å². The first kappa shape index (κ1) is 23.3. The Kier molecular flexibility index (Phi) is 7.69. The lowest BCUT2D eigenvalue weighted by Gasteiger charge is -2.49. The summed E-state index contributed by atoms with van der Waals surface area (Å²) in [5.41, 5.74) is 1.74. The normalized spacial score (nSPS) is 29.1. The molecule has 2 aliphatic heterocycles. The molecule has 9 nitrogen and oxygen atoms in total. The van der Waals surface area contributed by atoms with Crippen molar-refractivity contribution in [3.05, 3.63) is 71.8 Å². The molecule has 2 heterocycles. The topological polar surface area (TPSA) is 113 Å². The molecule has 0 aromatic heterocycles. The predicted octanol–water partition coefficient (Wildman–Crippen LogP) is 2.02. The van der Waals surface area contributed by atoms with Crippen LogP contribution in [0.2, 0.25) is 0 Å². The molecule has 176 valence electrons. The number of hydrogen-bond donors (Lipinski definition) is 2. The summed E-state index contributed by atoms with van der Waals surface area (Å²) in [6.07, 6.45) is -3.66. The van der Waals surface area contributed by atoms with Gasteiger partial charge >= 0.3 is 5.97 Å². The van der Waals surface area contributed by atoms with Crippen molar-refractivity contribution >= 4 is 11.9 Å². The zero-order valence-corrected chi connectivity index (χ0v) is 18.2. The summed E-state index contributed by atoms with van der Waals surface area (Å²) in [4.78, 5) is 23.3. The maximum absolute atomic E-state index is 12.0. The predicted molar refractivity (Wildman–Crippen MR) is 115 cm³/mol. The van der Waals surface area contributed by atoms with E-state index in [-0.39, 0.29) is 19.1 Å². The molecule has 0 saturated carbocycles. The minimum absolute atomic E-state index is 0.190. The molecule has 0 radical (unpaired) electrons. The van der Waals surface area contributed by atoms with Gasteiger partial charge in [0.1, 0.15) is 31.0 Å². The highest BCUT2D eigenvalue weighted by Gasteiger charge is 2.51. The van der Waals surface area contributed by atoms with Crippen LogP contribution in [-0.2, 0) is 39.9 Å². The Balaban J connectivity index is 1.56. The fraction of sp³-hybridized carbons (Fsp3) is 0.417. The van der Waals surface area contributed by atoms with E-state index in [4.69, 9.17) is 23.7 Å². The molecule has 4 rings (SSSR count). The van der Waals surface area contributed by atoms with E-state index >= 15 is 0 Å². The fourth-order valence-electron chi connectivity index (χ4n) is 4.00. The van der Waals surface area contributed by atoms with Gasteiger partial charge in [0.05, 0.1) is 13.2 Å². The Labute approximate surface area is 191 Å². The maximum Gasteiger partial charge on any atom is 0.329 e. The van der Waals surface area contributed by atoms with Gasteiger partial charge < -0.3 is 34.1 Å². The van der Waals surface area contributed by atoms with Crippen LogP contribution in [0.5, 0.6) is 0 Å². The number of nitrogens with one attached hydrogen (secondary N) is 1. The fourth-order valence-corrected chi connectivity index (χ4v) is 4.00. The number of aliphatic carboxylic acids is 1. The third kappa shape index (κ3) is 5.95. The molecular formula is C24H27NO8. The van der Waals surface area contributed by atoms with Crippen LogP contribution in [0.3, 0.4) is 0 Å². The van der Waals surface area contributed by atoms with Gasteiger partial charge in [-0.1, -0.05) is 60.7 Å². The number of carboxylic acid groups (broad SMARTS) is 1. The van der Waals surface area contributed by atoms with E-state index < -0.39 is 49.5 Å². The molecular weight excluding hydrogens is 430 g/mol. The second kappa shape index (κ2) is 10.9. The molecule has 2 N–H and O–H groups in total. The van der Waals surface area contributed by atoms with Crippen LogP contribution >= 0.6 is 0 Å². The molecule has 0 spiro atoms. The van der Waals surface area contributed by atoms with Crippen LogP contribution in [0.15, 0.2) is 60.7 Å². The summed E-state index contributed by atoms with van der Waals surface area (Å²) in [6.45, 7) is 1.23. The number of carboxylic acids is 1. The average Bonchev–Trinajstić information content (AvgIpc) is 2.82. The van der Waals surface area contributed by atoms with Crippen molar-refractivity contribution in [1.29, 1.82) is 0 Å². The van der Waals surface area contributed by atoms with Gasteiger partial charge in [-0.15, -0.1) is 0 Å². The quantitative estimate of drug-likeness (QED) is 0.619. The van der Waals surface area contributed by atoms with Gasteiger partial charge in [-0.3, -0.25) is 4.79 Å². The van der Waals surface area contributed by atoms with Crippen molar-refractivity contribution in [3.8, 4) is 0 Å². The summed E-state index contributed by atoms with van der Waals surface area (Å²) < 4.78 is 29.9. The SMILES string of the molecule is CC(=O)N[C@@H]1[C@H](OCc2ccccc2)O[C@@H]2CO[C@H](c3ccccc3)O[C@H]2[C@@H]1OCC(=O)O. The highest BCUT2D eigenvalue weighted by molar-refractivity contribution is 5.73. The number of carbonyl (C=O) groups excluding carboxylic acids is 1. The van der Waals surface area contributed by atoms with Gasteiger partial charge in [-0.25, -0.2) is 4.79 Å². The number of carbonyl (C=O) groups is 2. The number of rotatable bonds is 8. The van der Waals surface area contributed by atoms with E-state index in [2.05, 4.69) is 5.32 Å². The highest BCUT2D eigenvalue weighted by Crippen LogP contribution is 2.35. The Morgan fingerprint density at radius 1 is 1.03 bits per heavy atom. The first-order valence-corrected chi connectivity index (χ1v) is 10.7. The van der Waals surface area contributed by atoms with Gasteiger partial charge in [-0.2, -0.15) is 0 Å². The summed E-state index contributed by atoms with van der Waals surface area (Å²) >= 11 is 0. The highest BCUT2D eigenvalue weighted by atomic mass is 16.8. The van der Waals surface area contributed by atoms with Crippen molar-refractivity contribution in [3.63, 3.8) is 0 Å². The van der Waals surface area contributed by atoms with E-state index in [9.17, 15) is 14.7 Å². The Hall–Kier alpha value is -2.82. The van der Waals surface area contributed by atoms with E-state index in [0.29, 0.717) is 0 Å². The van der Waals surface area contributed by atoms with Crippen LogP contribution in [-0.4, -0.2) is 60.8 Å². The Morgan fingerprint density at radius 3 is 2.39 bits per heavy atom. The average molecular weight is 457 g/mol. The molecule has 33 heavy (non-hydrogen) atoms. The largest absolute Gasteiger partial charge is 0.480 e. The molecule has 2 saturated heterocycles. The molecule has 0 unspecified atom stereocenters. The Morgan fingerprint density at radius 2 is 1.73 bits per heavy atom. The van der Waals surface area contributed by atoms with Gasteiger partial charge in [0, 0.05) is 12.5 Å². The molecule has 2 fully saturated rings. The summed E-state index contributed by atoms with van der Waals surface area (Å²) in [6, 6.07) is 18.1. The van der Waals surface area contributed by atoms with E-state index in [0.717, 1.165) is 11.1 Å². The second-order valence-electron chi connectivity index (χ2n) is 7.91. The zero-order valence-electron chi connectivity index (χ0n) is 18.2. The molecule has 1 amide bonds. The standard InChI is InChI=1S/C24H27NO8/c1-15(26)25-20-22(29-14-19(27)28)21-18(13-31-23(33-21)17-10-6-3-7-11-17)32-24(20)30-12-16-8-4-2-5-9-16/h2-11,18,20-24H,12-14H2,1H3,(H,25,26)(H,27,28)/t18-,20+,21-,22-,23+,24-/m1/s1. The second-order valence-corrected chi connectivity index (χ2v) is 7.91. The summed E-state index contributed by atoms with van der Waals surface area (Å²) in [5, 5.41) is 12.0. The van der Waals surface area contributed by atoms with Gasteiger partial charge in [0.25, 0.3) is 0 Å². The maximum atomic E-state index is 12.0. The third-order valence-electron chi connectivity index (χ3n) is 5.44. The zero-order chi connectivity index (χ0) is 23.2. The lowest BCUT2D eigenvalue weighted by atomic mass is 9.95. The molecule has 0 aliphatic carbocycles. The van der Waals surface area contributed by atoms with Crippen LogP contribution in [0.4, 0.5) is 0 Å². The third-order valence-corrected chi connectivity index (χ3v) is 5.44. The van der Waals surface area contributed by atoms with Gasteiger partial charge in [-0.05, 0) is 5.56 Å². The summed E-state index contributed by atoms with van der Waals surface area (Å²) in [5.74, 6) is -1.46. The lowest BCUT2D eigenvalue weighted by Crippen LogP contribution is -2.67. The van der Waals surface area contributed by atoms with Crippen molar-refractivity contribution in [1.82, 2.24) is 5.32 Å². The van der Waals surface area contributed by atoms with Gasteiger partial charge in [0.15, 0.2) is 12.6 Å². The first-order valence-electron chi connectivity index (χ1n) is 10.7.